The molecule has 0 aliphatic heterocycles. The Labute approximate surface area is 114 Å². The van der Waals surface area contributed by atoms with E-state index in [1.165, 1.54) is 0 Å². The van der Waals surface area contributed by atoms with E-state index in [0.29, 0.717) is 6.07 Å². The first kappa shape index (κ1) is 13.6. The zero-order valence-corrected chi connectivity index (χ0v) is 11.1. The van der Waals surface area contributed by atoms with Crippen molar-refractivity contribution in [2.45, 2.75) is 24.8 Å². The van der Waals surface area contributed by atoms with Gasteiger partial charge in [0, 0.05) is 28.5 Å². The van der Waals surface area contributed by atoms with Gasteiger partial charge in [0.1, 0.15) is 11.6 Å². The van der Waals surface area contributed by atoms with Crippen LogP contribution in [0.25, 0.3) is 0 Å². The number of carbonyl (C=O) groups is 1. The summed E-state index contributed by atoms with van der Waals surface area (Å²) in [6.07, 6.45) is -0.892. The highest BCUT2D eigenvalue weighted by molar-refractivity contribution is 14.1. The summed E-state index contributed by atoms with van der Waals surface area (Å²) >= 11 is 1.62. The second kappa shape index (κ2) is 4.67. The largest absolute Gasteiger partial charge is 0.349 e. The first-order chi connectivity index (χ1) is 8.28. The van der Waals surface area contributed by atoms with E-state index in [0.717, 1.165) is 6.07 Å². The van der Waals surface area contributed by atoms with Crippen molar-refractivity contribution >= 4 is 28.5 Å². The maximum absolute atomic E-state index is 13.4. The van der Waals surface area contributed by atoms with Gasteiger partial charge in [0.15, 0.2) is 0 Å². The Morgan fingerprint density at radius 1 is 1.28 bits per heavy atom. The lowest BCUT2D eigenvalue weighted by molar-refractivity contribution is -0.0901. The highest BCUT2D eigenvalue weighted by Gasteiger charge is 2.46. The van der Waals surface area contributed by atoms with Crippen LogP contribution in [-0.4, -0.2) is 17.9 Å². The van der Waals surface area contributed by atoms with Crippen LogP contribution in [0.1, 0.15) is 23.2 Å². The molecule has 1 aliphatic carbocycles. The average Bonchev–Trinajstić information content (AvgIpc) is 2.20. The second-order valence-electron chi connectivity index (χ2n) is 4.18. The fourth-order valence-electron chi connectivity index (χ4n) is 1.72. The number of halogens is 5. The molecular formula is C11H8F4INO. The summed E-state index contributed by atoms with van der Waals surface area (Å²) in [7, 11) is 0. The molecule has 0 radical (unpaired) electrons. The average molecular weight is 373 g/mol. The SMILES string of the molecule is O=C(NC1CC(F)(F)C1)c1cc(I)c(F)cc1F. The van der Waals surface area contributed by atoms with E-state index < -0.39 is 42.3 Å². The smallest absolute Gasteiger partial charge is 0.254 e. The van der Waals surface area contributed by atoms with Gasteiger partial charge in [-0.3, -0.25) is 4.79 Å². The van der Waals surface area contributed by atoms with Crippen LogP contribution in [0.5, 0.6) is 0 Å². The zero-order chi connectivity index (χ0) is 13.5. The molecule has 1 amide bonds. The zero-order valence-electron chi connectivity index (χ0n) is 8.94. The van der Waals surface area contributed by atoms with Gasteiger partial charge in [-0.1, -0.05) is 0 Å². The topological polar surface area (TPSA) is 29.1 Å². The molecule has 0 spiro atoms. The normalized spacial score (nSPS) is 18.3. The lowest BCUT2D eigenvalue weighted by Gasteiger charge is -2.35. The summed E-state index contributed by atoms with van der Waals surface area (Å²) in [5, 5.41) is 2.29. The molecule has 1 aromatic carbocycles. The van der Waals surface area contributed by atoms with Gasteiger partial charge in [-0.25, -0.2) is 17.6 Å². The van der Waals surface area contributed by atoms with Crippen LogP contribution in [0.3, 0.4) is 0 Å². The molecule has 18 heavy (non-hydrogen) atoms. The summed E-state index contributed by atoms with van der Waals surface area (Å²) in [6.45, 7) is 0. The number of rotatable bonds is 2. The fraction of sp³-hybridized carbons (Fsp3) is 0.364. The Hall–Kier alpha value is -0.860. The summed E-state index contributed by atoms with van der Waals surface area (Å²) in [5.74, 6) is -5.32. The molecule has 1 N–H and O–H groups in total. The van der Waals surface area contributed by atoms with Gasteiger partial charge in [0.2, 0.25) is 0 Å². The number of benzene rings is 1. The predicted octanol–water partition coefficient (Wildman–Crippen LogP) is 3.10. The summed E-state index contributed by atoms with van der Waals surface area (Å²) < 4.78 is 51.6. The van der Waals surface area contributed by atoms with E-state index in [4.69, 9.17) is 0 Å². The number of alkyl halides is 2. The lowest BCUT2D eigenvalue weighted by atomic mass is 9.88. The third kappa shape index (κ3) is 2.76. The first-order valence-electron chi connectivity index (χ1n) is 5.12. The molecule has 7 heteroatoms. The number of amides is 1. The van der Waals surface area contributed by atoms with Gasteiger partial charge in [0.05, 0.1) is 5.56 Å². The van der Waals surface area contributed by atoms with Crippen molar-refractivity contribution < 1.29 is 22.4 Å². The highest BCUT2D eigenvalue weighted by Crippen LogP contribution is 2.37. The van der Waals surface area contributed by atoms with Gasteiger partial charge in [-0.05, 0) is 28.7 Å². The van der Waals surface area contributed by atoms with E-state index in [9.17, 15) is 22.4 Å². The highest BCUT2D eigenvalue weighted by atomic mass is 127. The van der Waals surface area contributed by atoms with Gasteiger partial charge < -0.3 is 5.32 Å². The maximum atomic E-state index is 13.4. The number of carbonyl (C=O) groups excluding carboxylic acids is 1. The number of hydrogen-bond donors (Lipinski definition) is 1. The van der Waals surface area contributed by atoms with E-state index in [-0.39, 0.29) is 9.13 Å². The minimum Gasteiger partial charge on any atom is -0.349 e. The molecule has 1 aliphatic rings. The summed E-state index contributed by atoms with van der Waals surface area (Å²) in [6, 6.07) is 0.998. The van der Waals surface area contributed by atoms with Crippen molar-refractivity contribution in [3.05, 3.63) is 32.9 Å². The molecule has 2 nitrogen and oxygen atoms in total. The van der Waals surface area contributed by atoms with Crippen LogP contribution in [0.2, 0.25) is 0 Å². The van der Waals surface area contributed by atoms with Gasteiger partial charge >= 0.3 is 0 Å². The monoisotopic (exact) mass is 373 g/mol. The Morgan fingerprint density at radius 3 is 2.44 bits per heavy atom. The molecule has 1 fully saturated rings. The summed E-state index contributed by atoms with van der Waals surface area (Å²) in [5.41, 5.74) is -0.337. The molecular weight excluding hydrogens is 365 g/mol. The standard InChI is InChI=1S/C11H8F4INO/c12-7-2-8(13)9(16)1-6(7)10(18)17-5-3-11(14,15)4-5/h1-2,5H,3-4H2,(H,17,18). The van der Waals surface area contributed by atoms with Crippen molar-refractivity contribution in [2.24, 2.45) is 0 Å². The Kier molecular flexibility index (Phi) is 3.52. The van der Waals surface area contributed by atoms with Crippen molar-refractivity contribution in [1.29, 1.82) is 0 Å². The van der Waals surface area contributed by atoms with Gasteiger partial charge in [0.25, 0.3) is 11.8 Å². The van der Waals surface area contributed by atoms with Crippen LogP contribution in [0, 0.1) is 15.2 Å². The van der Waals surface area contributed by atoms with E-state index in [1.54, 1.807) is 22.6 Å². The van der Waals surface area contributed by atoms with Gasteiger partial charge in [-0.15, -0.1) is 0 Å². The molecule has 2 rings (SSSR count). The van der Waals surface area contributed by atoms with Crippen molar-refractivity contribution in [3.8, 4) is 0 Å². The molecule has 0 unspecified atom stereocenters. The summed E-state index contributed by atoms with van der Waals surface area (Å²) in [4.78, 5) is 11.6. The van der Waals surface area contributed by atoms with Crippen molar-refractivity contribution in [3.63, 3.8) is 0 Å². The van der Waals surface area contributed by atoms with Crippen LogP contribution in [0.15, 0.2) is 12.1 Å². The van der Waals surface area contributed by atoms with Crippen LogP contribution in [-0.2, 0) is 0 Å². The lowest BCUT2D eigenvalue weighted by Crippen LogP contribution is -2.50. The molecule has 0 aromatic heterocycles. The second-order valence-corrected chi connectivity index (χ2v) is 5.34. The number of hydrogen-bond acceptors (Lipinski definition) is 1. The molecule has 0 atom stereocenters. The van der Waals surface area contributed by atoms with Crippen LogP contribution >= 0.6 is 22.6 Å². The van der Waals surface area contributed by atoms with Crippen LogP contribution in [0.4, 0.5) is 17.6 Å². The fourth-order valence-corrected chi connectivity index (χ4v) is 2.19. The Bertz CT molecular complexity index is 498. The maximum Gasteiger partial charge on any atom is 0.254 e. The van der Waals surface area contributed by atoms with E-state index in [1.807, 2.05) is 0 Å². The molecule has 1 saturated carbocycles. The minimum absolute atomic E-state index is 0.0955. The van der Waals surface area contributed by atoms with Gasteiger partial charge in [-0.2, -0.15) is 0 Å². The third-order valence-electron chi connectivity index (χ3n) is 2.68. The molecule has 98 valence electrons. The third-order valence-corrected chi connectivity index (χ3v) is 3.51. The van der Waals surface area contributed by atoms with E-state index >= 15 is 0 Å². The molecule has 0 heterocycles. The van der Waals surface area contributed by atoms with E-state index in [2.05, 4.69) is 5.32 Å². The molecule has 1 aromatic rings. The van der Waals surface area contributed by atoms with Crippen molar-refractivity contribution in [1.82, 2.24) is 5.32 Å². The predicted molar refractivity (Wildman–Crippen MR) is 64.5 cm³/mol. The van der Waals surface area contributed by atoms with Crippen molar-refractivity contribution in [2.75, 3.05) is 0 Å². The Balaban J connectivity index is 2.08. The number of nitrogens with one attached hydrogen (secondary N) is 1. The quantitative estimate of drug-likeness (QED) is 0.482. The molecule has 0 saturated heterocycles. The van der Waals surface area contributed by atoms with Crippen LogP contribution < -0.4 is 5.32 Å². The minimum atomic E-state index is -2.76. The first-order valence-corrected chi connectivity index (χ1v) is 6.19. The molecule has 0 bridgehead atoms. The Morgan fingerprint density at radius 2 is 1.89 bits per heavy atom.